The lowest BCUT2D eigenvalue weighted by molar-refractivity contribution is -0.138. The van der Waals surface area contributed by atoms with Gasteiger partial charge in [0.25, 0.3) is 0 Å². The third-order valence-electron chi connectivity index (χ3n) is 3.28. The zero-order valence-electron chi connectivity index (χ0n) is 11.3. The normalized spacial score (nSPS) is 17.0. The second-order valence-electron chi connectivity index (χ2n) is 4.62. The molecule has 0 saturated heterocycles. The summed E-state index contributed by atoms with van der Waals surface area (Å²) in [6.45, 7) is 5.70. The van der Waals surface area contributed by atoms with Crippen LogP contribution in [-0.4, -0.2) is 17.3 Å². The van der Waals surface area contributed by atoms with E-state index in [0.717, 1.165) is 12.1 Å². The van der Waals surface area contributed by atoms with E-state index in [-0.39, 0.29) is 5.56 Å². The molecule has 0 aliphatic carbocycles. The topological polar surface area (TPSA) is 29.5 Å². The summed E-state index contributed by atoms with van der Waals surface area (Å²) in [7, 11) is 0. The first-order chi connectivity index (χ1) is 8.74. The fourth-order valence-corrected chi connectivity index (χ4v) is 1.94. The average Bonchev–Trinajstić information content (AvgIpc) is 2.37. The molecule has 1 aromatic rings. The van der Waals surface area contributed by atoms with Gasteiger partial charge in [0.2, 0.25) is 0 Å². The summed E-state index contributed by atoms with van der Waals surface area (Å²) >= 11 is 0. The van der Waals surface area contributed by atoms with Crippen molar-refractivity contribution < 1.29 is 23.0 Å². The van der Waals surface area contributed by atoms with E-state index in [9.17, 15) is 18.3 Å². The minimum atomic E-state index is -4.41. The molecular weight excluding hydrogens is 257 g/mol. The molecule has 5 heteroatoms. The number of halogens is 3. The van der Waals surface area contributed by atoms with Gasteiger partial charge in [-0.05, 0) is 38.0 Å². The quantitative estimate of drug-likeness (QED) is 0.882. The van der Waals surface area contributed by atoms with Crippen molar-refractivity contribution in [3.05, 3.63) is 35.4 Å². The Labute approximate surface area is 111 Å². The van der Waals surface area contributed by atoms with Crippen LogP contribution in [0.15, 0.2) is 24.3 Å². The van der Waals surface area contributed by atoms with Crippen molar-refractivity contribution in [2.75, 3.05) is 6.61 Å². The third-order valence-corrected chi connectivity index (χ3v) is 3.28. The molecule has 1 aromatic carbocycles. The molecule has 1 N–H and O–H groups in total. The van der Waals surface area contributed by atoms with E-state index >= 15 is 0 Å². The van der Waals surface area contributed by atoms with Gasteiger partial charge < -0.3 is 9.84 Å². The number of benzene rings is 1. The van der Waals surface area contributed by atoms with Gasteiger partial charge >= 0.3 is 6.18 Å². The SMILES string of the molecule is CCOC(C)(CC)C(O)c1cccc(C(F)(F)F)c1. The van der Waals surface area contributed by atoms with E-state index in [1.807, 2.05) is 6.92 Å². The summed E-state index contributed by atoms with van der Waals surface area (Å²) in [5.74, 6) is 0. The molecule has 0 saturated carbocycles. The Balaban J connectivity index is 3.09. The van der Waals surface area contributed by atoms with Gasteiger partial charge in [0, 0.05) is 6.61 Å². The summed E-state index contributed by atoms with van der Waals surface area (Å²) in [5, 5.41) is 10.3. The maximum Gasteiger partial charge on any atom is 0.416 e. The van der Waals surface area contributed by atoms with E-state index in [4.69, 9.17) is 4.74 Å². The molecular formula is C14H19F3O2. The predicted molar refractivity (Wildman–Crippen MR) is 66.7 cm³/mol. The standard InChI is InChI=1S/C14H19F3O2/c1-4-13(3,19-5-2)12(18)10-7-6-8-11(9-10)14(15,16)17/h6-9,12,18H,4-5H2,1-3H3. The van der Waals surface area contributed by atoms with Crippen molar-refractivity contribution in [2.45, 2.75) is 45.1 Å². The van der Waals surface area contributed by atoms with Crippen molar-refractivity contribution in [3.8, 4) is 0 Å². The van der Waals surface area contributed by atoms with E-state index < -0.39 is 23.4 Å². The highest BCUT2D eigenvalue weighted by Gasteiger charge is 2.35. The van der Waals surface area contributed by atoms with Gasteiger partial charge in [-0.15, -0.1) is 0 Å². The summed E-state index contributed by atoms with van der Waals surface area (Å²) in [4.78, 5) is 0. The van der Waals surface area contributed by atoms with Crippen LogP contribution in [0.2, 0.25) is 0 Å². The Hall–Kier alpha value is -1.07. The van der Waals surface area contributed by atoms with Crippen LogP contribution in [-0.2, 0) is 10.9 Å². The first kappa shape index (κ1) is 16.0. The Bertz CT molecular complexity index is 417. The molecule has 0 bridgehead atoms. The Morgan fingerprint density at radius 3 is 2.37 bits per heavy atom. The number of aliphatic hydroxyl groups excluding tert-OH is 1. The van der Waals surface area contributed by atoms with Gasteiger partial charge in [-0.2, -0.15) is 13.2 Å². The lowest BCUT2D eigenvalue weighted by Gasteiger charge is -2.33. The van der Waals surface area contributed by atoms with E-state index in [2.05, 4.69) is 0 Å². The minimum absolute atomic E-state index is 0.215. The lowest BCUT2D eigenvalue weighted by atomic mass is 9.89. The molecule has 0 fully saturated rings. The van der Waals surface area contributed by atoms with Gasteiger partial charge in [-0.25, -0.2) is 0 Å². The first-order valence-corrected chi connectivity index (χ1v) is 6.23. The molecule has 0 aliphatic rings. The molecule has 2 atom stereocenters. The zero-order chi connectivity index (χ0) is 14.7. The van der Waals surface area contributed by atoms with Crippen LogP contribution in [0.5, 0.6) is 0 Å². The zero-order valence-corrected chi connectivity index (χ0v) is 11.3. The third kappa shape index (κ3) is 3.70. The highest BCUT2D eigenvalue weighted by atomic mass is 19.4. The molecule has 0 radical (unpaired) electrons. The molecule has 2 unspecified atom stereocenters. The smallest absolute Gasteiger partial charge is 0.385 e. The predicted octanol–water partition coefficient (Wildman–Crippen LogP) is 3.94. The van der Waals surface area contributed by atoms with Crippen LogP contribution >= 0.6 is 0 Å². The first-order valence-electron chi connectivity index (χ1n) is 6.23. The van der Waals surface area contributed by atoms with Crippen LogP contribution in [0, 0.1) is 0 Å². The van der Waals surface area contributed by atoms with Crippen molar-refractivity contribution in [1.29, 1.82) is 0 Å². The molecule has 19 heavy (non-hydrogen) atoms. The molecule has 0 heterocycles. The number of hydrogen-bond donors (Lipinski definition) is 1. The van der Waals surface area contributed by atoms with Crippen molar-refractivity contribution >= 4 is 0 Å². The molecule has 0 aromatic heterocycles. The molecule has 1 rings (SSSR count). The number of alkyl halides is 3. The minimum Gasteiger partial charge on any atom is -0.385 e. The second kappa shape index (κ2) is 5.92. The second-order valence-corrected chi connectivity index (χ2v) is 4.62. The maximum absolute atomic E-state index is 12.6. The highest BCUT2D eigenvalue weighted by Crippen LogP contribution is 2.35. The van der Waals surface area contributed by atoms with Gasteiger partial charge in [0.1, 0.15) is 6.10 Å². The average molecular weight is 276 g/mol. The van der Waals surface area contributed by atoms with Gasteiger partial charge in [0.05, 0.1) is 11.2 Å². The maximum atomic E-state index is 12.6. The van der Waals surface area contributed by atoms with Gasteiger partial charge in [-0.1, -0.05) is 19.1 Å². The number of hydrogen-bond acceptors (Lipinski definition) is 2. The Kier molecular flexibility index (Phi) is 4.98. The number of ether oxygens (including phenoxy) is 1. The van der Waals surface area contributed by atoms with Gasteiger partial charge in [-0.3, -0.25) is 0 Å². The molecule has 0 aliphatic heterocycles. The summed E-state index contributed by atoms with van der Waals surface area (Å²) in [5.41, 5.74) is -1.44. The van der Waals surface area contributed by atoms with Crippen molar-refractivity contribution in [2.24, 2.45) is 0 Å². The molecule has 108 valence electrons. The van der Waals surface area contributed by atoms with Crippen LogP contribution < -0.4 is 0 Å². The molecule has 0 amide bonds. The molecule has 2 nitrogen and oxygen atoms in total. The molecule has 0 spiro atoms. The number of rotatable bonds is 5. The Morgan fingerprint density at radius 1 is 1.26 bits per heavy atom. The van der Waals surface area contributed by atoms with E-state index in [0.29, 0.717) is 13.0 Å². The number of aliphatic hydroxyl groups is 1. The lowest BCUT2D eigenvalue weighted by Crippen LogP contribution is -2.35. The fourth-order valence-electron chi connectivity index (χ4n) is 1.94. The fraction of sp³-hybridized carbons (Fsp3) is 0.571. The summed E-state index contributed by atoms with van der Waals surface area (Å²) in [6.07, 6.45) is -5.01. The monoisotopic (exact) mass is 276 g/mol. The van der Waals surface area contributed by atoms with Crippen molar-refractivity contribution in [3.63, 3.8) is 0 Å². The van der Waals surface area contributed by atoms with Crippen LogP contribution in [0.3, 0.4) is 0 Å². The van der Waals surface area contributed by atoms with Gasteiger partial charge in [0.15, 0.2) is 0 Å². The van der Waals surface area contributed by atoms with E-state index in [1.165, 1.54) is 12.1 Å². The van der Waals surface area contributed by atoms with Crippen LogP contribution in [0.25, 0.3) is 0 Å². The highest BCUT2D eigenvalue weighted by molar-refractivity contribution is 5.28. The van der Waals surface area contributed by atoms with E-state index in [1.54, 1.807) is 13.8 Å². The summed E-state index contributed by atoms with van der Waals surface area (Å²) in [6, 6.07) is 4.73. The Morgan fingerprint density at radius 2 is 1.89 bits per heavy atom. The largest absolute Gasteiger partial charge is 0.416 e. The van der Waals surface area contributed by atoms with Crippen LogP contribution in [0.1, 0.15) is 44.4 Å². The summed E-state index contributed by atoms with van der Waals surface area (Å²) < 4.78 is 43.4. The van der Waals surface area contributed by atoms with Crippen LogP contribution in [0.4, 0.5) is 13.2 Å². The van der Waals surface area contributed by atoms with Crippen molar-refractivity contribution in [1.82, 2.24) is 0 Å².